The average Bonchev–Trinajstić information content (AvgIpc) is 3.01. The Morgan fingerprint density at radius 3 is 2.70 bits per heavy atom. The van der Waals surface area contributed by atoms with Crippen molar-refractivity contribution in [2.24, 2.45) is 0 Å². The number of amides is 1. The third kappa shape index (κ3) is 3.67. The second-order valence-electron chi connectivity index (χ2n) is 4.37. The van der Waals surface area contributed by atoms with Gasteiger partial charge < -0.3 is 15.4 Å². The summed E-state index contributed by atoms with van der Waals surface area (Å²) < 4.78 is 23.4. The molecule has 0 atom stereocenters. The Morgan fingerprint density at radius 1 is 1.60 bits per heavy atom. The molecule has 1 saturated carbocycles. The van der Waals surface area contributed by atoms with Crippen molar-refractivity contribution in [1.82, 2.24) is 15.1 Å². The quantitative estimate of drug-likeness (QED) is 0.459. The van der Waals surface area contributed by atoms with Gasteiger partial charge in [-0.15, -0.1) is 0 Å². The van der Waals surface area contributed by atoms with Crippen LogP contribution >= 0.6 is 10.7 Å². The monoisotopic (exact) mass is 322 g/mol. The van der Waals surface area contributed by atoms with Crippen LogP contribution in [0.1, 0.15) is 19.3 Å². The molecular weight excluding hydrogens is 312 g/mol. The molecule has 1 aromatic heterocycles. The molecule has 0 unspecified atom stereocenters. The van der Waals surface area contributed by atoms with Gasteiger partial charge in [0.15, 0.2) is 0 Å². The Morgan fingerprint density at radius 2 is 2.25 bits per heavy atom. The molecule has 11 heteroatoms. The van der Waals surface area contributed by atoms with E-state index in [2.05, 4.69) is 10.4 Å². The van der Waals surface area contributed by atoms with E-state index in [0.29, 0.717) is 0 Å². The molecular formula is C9H11ClN4O5S. The zero-order valence-corrected chi connectivity index (χ0v) is 11.7. The highest BCUT2D eigenvalue weighted by Crippen LogP contribution is 2.25. The molecule has 1 aliphatic carbocycles. The fourth-order valence-electron chi connectivity index (χ4n) is 1.55. The number of halogens is 1. The Bertz CT molecular complexity index is 651. The number of nitro groups is 1. The molecule has 0 bridgehead atoms. The van der Waals surface area contributed by atoms with Crippen molar-refractivity contribution in [3.05, 3.63) is 16.3 Å². The predicted octanol–water partition coefficient (Wildman–Crippen LogP) is 0.387. The SMILES string of the molecule is O=C(CCn1cc(S(=O)(=O)Cl)c([N+](=O)[O-])n1)NC1CC1. The summed E-state index contributed by atoms with van der Waals surface area (Å²) in [7, 11) is 0.838. The minimum absolute atomic E-state index is 0.0335. The van der Waals surface area contributed by atoms with Gasteiger partial charge in [-0.1, -0.05) is 0 Å². The molecule has 1 aliphatic rings. The third-order valence-electron chi connectivity index (χ3n) is 2.66. The van der Waals surface area contributed by atoms with E-state index in [-0.39, 0.29) is 24.9 Å². The van der Waals surface area contributed by atoms with E-state index in [1.807, 2.05) is 0 Å². The van der Waals surface area contributed by atoms with E-state index in [1.165, 1.54) is 0 Å². The van der Waals surface area contributed by atoms with Crippen LogP contribution in [0, 0.1) is 10.1 Å². The lowest BCUT2D eigenvalue weighted by atomic mass is 10.4. The fourth-order valence-corrected chi connectivity index (χ4v) is 2.46. The number of rotatable bonds is 6. The summed E-state index contributed by atoms with van der Waals surface area (Å²) in [6.07, 6.45) is 2.91. The van der Waals surface area contributed by atoms with E-state index in [4.69, 9.17) is 10.7 Å². The first kappa shape index (κ1) is 14.7. The highest BCUT2D eigenvalue weighted by Gasteiger charge is 2.30. The average molecular weight is 323 g/mol. The summed E-state index contributed by atoms with van der Waals surface area (Å²) in [4.78, 5) is 20.6. The first-order chi connectivity index (χ1) is 9.27. The van der Waals surface area contributed by atoms with Crippen molar-refractivity contribution in [3.8, 4) is 0 Å². The molecule has 1 aromatic rings. The number of carbonyl (C=O) groups is 1. The van der Waals surface area contributed by atoms with Crippen molar-refractivity contribution >= 4 is 31.5 Å². The van der Waals surface area contributed by atoms with Gasteiger partial charge >= 0.3 is 5.82 Å². The van der Waals surface area contributed by atoms with Gasteiger partial charge in [-0.2, -0.15) is 4.68 Å². The van der Waals surface area contributed by atoms with Gasteiger partial charge in [0.1, 0.15) is 0 Å². The highest BCUT2D eigenvalue weighted by atomic mass is 35.7. The van der Waals surface area contributed by atoms with E-state index >= 15 is 0 Å². The summed E-state index contributed by atoms with van der Waals surface area (Å²) in [5, 5.41) is 17.0. The molecule has 0 aliphatic heterocycles. The third-order valence-corrected chi connectivity index (χ3v) is 3.97. The first-order valence-electron chi connectivity index (χ1n) is 5.73. The second-order valence-corrected chi connectivity index (χ2v) is 6.90. The maximum atomic E-state index is 11.5. The van der Waals surface area contributed by atoms with E-state index < -0.39 is 24.7 Å². The molecule has 0 aromatic carbocycles. The van der Waals surface area contributed by atoms with Crippen LogP contribution in [-0.4, -0.2) is 35.1 Å². The Labute approximate surface area is 118 Å². The molecule has 110 valence electrons. The van der Waals surface area contributed by atoms with Gasteiger partial charge in [0, 0.05) is 23.1 Å². The van der Waals surface area contributed by atoms with Crippen molar-refractivity contribution in [1.29, 1.82) is 0 Å². The summed E-state index contributed by atoms with van der Waals surface area (Å²) in [5.74, 6) is -1.05. The molecule has 2 rings (SSSR count). The number of nitrogens with one attached hydrogen (secondary N) is 1. The van der Waals surface area contributed by atoms with E-state index in [1.54, 1.807) is 0 Å². The van der Waals surface area contributed by atoms with E-state index in [0.717, 1.165) is 23.7 Å². The standard InChI is InChI=1S/C9H11ClN4O5S/c10-20(18,19)7-5-13(12-9(7)14(16)17)4-3-8(15)11-6-1-2-6/h5-6H,1-4H2,(H,11,15). The van der Waals surface area contributed by atoms with Crippen LogP contribution in [0.5, 0.6) is 0 Å². The molecule has 0 radical (unpaired) electrons. The molecule has 0 saturated heterocycles. The number of nitrogens with zero attached hydrogens (tertiary/aromatic N) is 3. The minimum atomic E-state index is -4.26. The Kier molecular flexibility index (Phi) is 3.95. The number of hydrogen-bond acceptors (Lipinski definition) is 6. The van der Waals surface area contributed by atoms with Gasteiger partial charge in [-0.25, -0.2) is 8.42 Å². The van der Waals surface area contributed by atoms with Crippen LogP contribution < -0.4 is 5.32 Å². The lowest BCUT2D eigenvalue weighted by molar-refractivity contribution is -0.392. The van der Waals surface area contributed by atoms with Gasteiger partial charge in [0.25, 0.3) is 9.05 Å². The predicted molar refractivity (Wildman–Crippen MR) is 67.7 cm³/mol. The zero-order valence-electron chi connectivity index (χ0n) is 10.2. The fraction of sp³-hybridized carbons (Fsp3) is 0.556. The van der Waals surface area contributed by atoms with Gasteiger partial charge in [0.05, 0.1) is 17.8 Å². The molecule has 1 fully saturated rings. The van der Waals surface area contributed by atoms with Gasteiger partial charge in [0.2, 0.25) is 10.8 Å². The van der Waals surface area contributed by atoms with Gasteiger partial charge in [-0.05, 0) is 17.8 Å². The Hall–Kier alpha value is -1.68. The van der Waals surface area contributed by atoms with Crippen LogP contribution in [0.15, 0.2) is 11.1 Å². The lowest BCUT2D eigenvalue weighted by Crippen LogP contribution is -2.26. The first-order valence-corrected chi connectivity index (χ1v) is 8.04. The van der Waals surface area contributed by atoms with Crippen LogP contribution in [0.25, 0.3) is 0 Å². The lowest BCUT2D eigenvalue weighted by Gasteiger charge is -2.00. The Balaban J connectivity index is 2.08. The topological polar surface area (TPSA) is 124 Å². The zero-order chi connectivity index (χ0) is 14.9. The molecule has 1 amide bonds. The van der Waals surface area contributed by atoms with Crippen molar-refractivity contribution < 1.29 is 18.1 Å². The highest BCUT2D eigenvalue weighted by molar-refractivity contribution is 8.13. The van der Waals surface area contributed by atoms with E-state index in [9.17, 15) is 23.3 Å². The molecule has 1 N–H and O–H groups in total. The minimum Gasteiger partial charge on any atom is -0.358 e. The van der Waals surface area contributed by atoms with Crippen LogP contribution in [-0.2, 0) is 20.4 Å². The smallest absolute Gasteiger partial charge is 0.358 e. The number of aromatic nitrogens is 2. The summed E-state index contributed by atoms with van der Waals surface area (Å²) in [5.41, 5.74) is 0. The largest absolute Gasteiger partial charge is 0.410 e. The van der Waals surface area contributed by atoms with Crippen LogP contribution in [0.3, 0.4) is 0 Å². The normalized spacial score (nSPS) is 15.1. The van der Waals surface area contributed by atoms with Gasteiger partial charge in [-0.3, -0.25) is 4.79 Å². The van der Waals surface area contributed by atoms with Crippen molar-refractivity contribution in [2.75, 3.05) is 0 Å². The molecule has 0 spiro atoms. The maximum absolute atomic E-state index is 11.5. The van der Waals surface area contributed by atoms with Crippen LogP contribution in [0.4, 0.5) is 5.82 Å². The molecule has 9 nitrogen and oxygen atoms in total. The molecule has 1 heterocycles. The maximum Gasteiger partial charge on any atom is 0.410 e. The van der Waals surface area contributed by atoms with Crippen molar-refractivity contribution in [3.63, 3.8) is 0 Å². The number of carbonyl (C=O) groups excluding carboxylic acids is 1. The number of aryl methyl sites for hydroxylation is 1. The summed E-state index contributed by atoms with van der Waals surface area (Å²) in [6, 6.07) is 0.216. The second kappa shape index (κ2) is 5.37. The summed E-state index contributed by atoms with van der Waals surface area (Å²) >= 11 is 0. The number of hydrogen-bond donors (Lipinski definition) is 1. The molecule has 20 heavy (non-hydrogen) atoms. The van der Waals surface area contributed by atoms with Crippen molar-refractivity contribution in [2.45, 2.75) is 36.7 Å². The van der Waals surface area contributed by atoms with Crippen LogP contribution in [0.2, 0.25) is 0 Å². The summed E-state index contributed by atoms with van der Waals surface area (Å²) in [6.45, 7) is 0.0335.